The summed E-state index contributed by atoms with van der Waals surface area (Å²) in [5.41, 5.74) is 1.25. The van der Waals surface area contributed by atoms with E-state index in [9.17, 15) is 9.59 Å². The molecule has 7 nitrogen and oxygen atoms in total. The first-order valence-electron chi connectivity index (χ1n) is 10.0. The summed E-state index contributed by atoms with van der Waals surface area (Å²) in [5.74, 6) is 0.472. The van der Waals surface area contributed by atoms with Gasteiger partial charge in [-0.25, -0.2) is 9.79 Å². The number of hydrogen-bond donors (Lipinski definition) is 0. The lowest BCUT2D eigenvalue weighted by molar-refractivity contribution is -0.136. The van der Waals surface area contributed by atoms with E-state index in [1.807, 2.05) is 29.7 Å². The molecule has 0 spiro atoms. The molecule has 0 radical (unpaired) electrons. The highest BCUT2D eigenvalue weighted by molar-refractivity contribution is 7.11. The highest BCUT2D eigenvalue weighted by Crippen LogP contribution is 2.36. The van der Waals surface area contributed by atoms with Gasteiger partial charge in [0.25, 0.3) is 5.56 Å². The number of allylic oxidation sites excluding steroid dienone is 1. The Balaban J connectivity index is 1.94. The lowest BCUT2D eigenvalue weighted by Gasteiger charge is -2.25. The zero-order valence-electron chi connectivity index (χ0n) is 18.4. The second kappa shape index (κ2) is 9.60. The number of benzene rings is 1. The van der Waals surface area contributed by atoms with Crippen molar-refractivity contribution in [1.29, 1.82) is 0 Å². The molecule has 0 fully saturated rings. The second-order valence-electron chi connectivity index (χ2n) is 7.10. The lowest BCUT2D eigenvalue weighted by Crippen LogP contribution is -2.39. The van der Waals surface area contributed by atoms with Crippen molar-refractivity contribution in [1.82, 2.24) is 4.57 Å². The third kappa shape index (κ3) is 4.29. The molecule has 0 saturated heterocycles. The number of rotatable bonds is 7. The molecule has 33 heavy (non-hydrogen) atoms. The molecule has 4 rings (SSSR count). The van der Waals surface area contributed by atoms with E-state index in [1.165, 1.54) is 25.6 Å². The fraction of sp³-hybridized carbons (Fsp3) is 0.208. The molecule has 0 amide bonds. The topological polar surface area (TPSA) is 79.1 Å². The predicted octanol–water partition coefficient (Wildman–Crippen LogP) is 3.04. The van der Waals surface area contributed by atoms with Crippen LogP contribution in [0.3, 0.4) is 0 Å². The summed E-state index contributed by atoms with van der Waals surface area (Å²) in [6.07, 6.45) is 3.48. The number of carbonyl (C=O) groups is 1. The quantitative estimate of drug-likeness (QED) is 0.382. The maximum Gasteiger partial charge on any atom is 0.338 e. The summed E-state index contributed by atoms with van der Waals surface area (Å²) in [7, 11) is 2.85. The van der Waals surface area contributed by atoms with Crippen LogP contribution in [-0.2, 0) is 9.53 Å². The van der Waals surface area contributed by atoms with Crippen molar-refractivity contribution >= 4 is 34.7 Å². The number of thiophene rings is 1. The van der Waals surface area contributed by atoms with Gasteiger partial charge in [-0.05, 0) is 42.1 Å². The molecule has 1 aromatic carbocycles. The molecule has 3 aromatic rings. The molecular formula is C24H22N2O5S2. The number of methoxy groups -OCH3 is 2. The monoisotopic (exact) mass is 482 g/mol. The first kappa shape index (κ1) is 22.8. The van der Waals surface area contributed by atoms with Gasteiger partial charge in [0.05, 0.1) is 36.1 Å². The van der Waals surface area contributed by atoms with Crippen molar-refractivity contribution < 1.29 is 19.0 Å². The Labute approximate surface area is 198 Å². The van der Waals surface area contributed by atoms with Crippen LogP contribution >= 0.6 is 22.7 Å². The van der Waals surface area contributed by atoms with Crippen molar-refractivity contribution in [3.63, 3.8) is 0 Å². The summed E-state index contributed by atoms with van der Waals surface area (Å²) in [4.78, 5) is 32.3. The highest BCUT2D eigenvalue weighted by atomic mass is 32.1. The first-order chi connectivity index (χ1) is 16.0. The van der Waals surface area contributed by atoms with E-state index in [0.717, 1.165) is 4.88 Å². The van der Waals surface area contributed by atoms with Gasteiger partial charge in [0.2, 0.25) is 0 Å². The Kier molecular flexibility index (Phi) is 6.62. The zero-order valence-corrected chi connectivity index (χ0v) is 20.0. The summed E-state index contributed by atoms with van der Waals surface area (Å²) in [6, 6.07) is 8.48. The van der Waals surface area contributed by atoms with E-state index in [1.54, 1.807) is 41.0 Å². The zero-order chi connectivity index (χ0) is 23.5. The molecule has 0 aliphatic carbocycles. The molecule has 1 unspecified atom stereocenters. The van der Waals surface area contributed by atoms with Gasteiger partial charge in [-0.2, -0.15) is 0 Å². The fourth-order valence-electron chi connectivity index (χ4n) is 3.63. The third-order valence-electron chi connectivity index (χ3n) is 5.10. The normalized spacial score (nSPS) is 15.6. The Morgan fingerprint density at radius 3 is 2.76 bits per heavy atom. The highest BCUT2D eigenvalue weighted by Gasteiger charge is 2.33. The van der Waals surface area contributed by atoms with E-state index in [-0.39, 0.29) is 5.56 Å². The minimum atomic E-state index is -0.721. The van der Waals surface area contributed by atoms with Crippen LogP contribution in [0.2, 0.25) is 0 Å². The van der Waals surface area contributed by atoms with Crippen LogP contribution in [-0.4, -0.2) is 31.4 Å². The maximum absolute atomic E-state index is 13.5. The molecule has 170 valence electrons. The number of carbonyl (C=O) groups excluding carboxylic acids is 1. The minimum absolute atomic E-state index is 0.225. The Bertz CT molecular complexity index is 1410. The van der Waals surface area contributed by atoms with E-state index in [2.05, 4.69) is 11.6 Å². The number of hydrogen-bond acceptors (Lipinski definition) is 8. The molecule has 1 atom stereocenters. The largest absolute Gasteiger partial charge is 0.493 e. The molecular weight excluding hydrogens is 460 g/mol. The van der Waals surface area contributed by atoms with Crippen LogP contribution in [0.1, 0.15) is 23.4 Å². The van der Waals surface area contributed by atoms with Crippen molar-refractivity contribution in [3.8, 4) is 11.5 Å². The second-order valence-corrected chi connectivity index (χ2v) is 9.09. The smallest absolute Gasteiger partial charge is 0.338 e. The van der Waals surface area contributed by atoms with Gasteiger partial charge >= 0.3 is 5.97 Å². The average Bonchev–Trinajstić information content (AvgIpc) is 3.44. The maximum atomic E-state index is 13.5. The fourth-order valence-corrected chi connectivity index (χ4v) is 5.40. The average molecular weight is 483 g/mol. The number of nitrogens with zero attached hydrogens (tertiary/aromatic N) is 2. The van der Waals surface area contributed by atoms with Crippen LogP contribution < -0.4 is 24.4 Å². The molecule has 1 aliphatic rings. The Morgan fingerprint density at radius 2 is 2.09 bits per heavy atom. The number of thiazole rings is 1. The summed E-state index contributed by atoms with van der Waals surface area (Å²) < 4.78 is 18.3. The third-order valence-corrected chi connectivity index (χ3v) is 6.91. The predicted molar refractivity (Wildman–Crippen MR) is 129 cm³/mol. The van der Waals surface area contributed by atoms with Gasteiger partial charge in [0.15, 0.2) is 16.3 Å². The molecule has 0 N–H and O–H groups in total. The number of esters is 1. The molecule has 1 aliphatic heterocycles. The van der Waals surface area contributed by atoms with Crippen LogP contribution in [0.5, 0.6) is 11.5 Å². The van der Waals surface area contributed by atoms with Crippen LogP contribution in [0.4, 0.5) is 0 Å². The summed E-state index contributed by atoms with van der Waals surface area (Å²) in [6.45, 7) is 5.72. The Morgan fingerprint density at radius 1 is 1.27 bits per heavy atom. The van der Waals surface area contributed by atoms with Gasteiger partial charge in [-0.15, -0.1) is 11.3 Å². The molecule has 3 heterocycles. The van der Waals surface area contributed by atoms with E-state index < -0.39 is 12.0 Å². The van der Waals surface area contributed by atoms with Gasteiger partial charge in [0.1, 0.15) is 6.61 Å². The molecule has 9 heteroatoms. The van der Waals surface area contributed by atoms with E-state index in [0.29, 0.717) is 44.3 Å². The Hall–Kier alpha value is -3.43. The van der Waals surface area contributed by atoms with Gasteiger partial charge < -0.3 is 14.2 Å². The van der Waals surface area contributed by atoms with Crippen molar-refractivity contribution in [2.75, 3.05) is 20.8 Å². The van der Waals surface area contributed by atoms with Crippen molar-refractivity contribution in [2.45, 2.75) is 13.0 Å². The van der Waals surface area contributed by atoms with Gasteiger partial charge in [-0.1, -0.05) is 36.1 Å². The molecule has 0 saturated carbocycles. The van der Waals surface area contributed by atoms with Gasteiger partial charge in [0, 0.05) is 4.88 Å². The van der Waals surface area contributed by atoms with Crippen LogP contribution in [0.15, 0.2) is 69.4 Å². The van der Waals surface area contributed by atoms with E-state index in [4.69, 9.17) is 14.2 Å². The molecule has 2 aromatic heterocycles. The first-order valence-corrected chi connectivity index (χ1v) is 11.7. The van der Waals surface area contributed by atoms with Crippen LogP contribution in [0.25, 0.3) is 6.08 Å². The summed E-state index contributed by atoms with van der Waals surface area (Å²) >= 11 is 2.83. The van der Waals surface area contributed by atoms with Crippen molar-refractivity contribution in [3.05, 3.63) is 89.8 Å². The van der Waals surface area contributed by atoms with Crippen molar-refractivity contribution in [2.24, 2.45) is 4.99 Å². The van der Waals surface area contributed by atoms with E-state index >= 15 is 0 Å². The SMILES string of the molecule is C=CCOc1ccc(C2C(C(=O)OC)=C(C)N=c3s/c(=C\c4cccs4)c(=O)n32)cc1OC. The van der Waals surface area contributed by atoms with Gasteiger partial charge in [-0.3, -0.25) is 9.36 Å². The summed E-state index contributed by atoms with van der Waals surface area (Å²) in [5, 5.41) is 1.95. The van der Waals surface area contributed by atoms with Crippen LogP contribution in [0, 0.1) is 0 Å². The standard InChI is InChI=1S/C24H22N2O5S2/c1-5-10-31-17-9-8-15(12-18(17)29-3)21-20(23(28)30-4)14(2)25-24-26(21)22(27)19(33-24)13-16-7-6-11-32-16/h5-9,11-13,21H,1,10H2,2-4H3/b19-13-. The number of ether oxygens (including phenoxy) is 3. The number of aromatic nitrogens is 1. The molecule has 0 bridgehead atoms. The minimum Gasteiger partial charge on any atom is -0.493 e. The number of fused-ring (bicyclic) bond motifs is 1. The lowest BCUT2D eigenvalue weighted by atomic mass is 9.95.